The van der Waals surface area contributed by atoms with Crippen LogP contribution in [0.3, 0.4) is 0 Å². The zero-order valence-electron chi connectivity index (χ0n) is 38.9. The fourth-order valence-electron chi connectivity index (χ4n) is 13.9. The molecule has 5 aliphatic rings. The molecular weight excluding hydrogens is 691 g/mol. The molecule has 0 heterocycles. The van der Waals surface area contributed by atoms with Gasteiger partial charge in [0.25, 0.3) is 0 Å². The number of unbranched alkanes of at least 4 members (excludes halogenated alkanes) is 13. The van der Waals surface area contributed by atoms with E-state index in [2.05, 4.69) is 90.4 Å². The summed E-state index contributed by atoms with van der Waals surface area (Å²) in [6.45, 7) is 23.1. The van der Waals surface area contributed by atoms with E-state index >= 15 is 0 Å². The number of rotatable bonds is 22. The lowest BCUT2D eigenvalue weighted by Crippen LogP contribution is -2.64. The monoisotopic (exact) mass is 782 g/mol. The van der Waals surface area contributed by atoms with E-state index in [1.807, 2.05) is 0 Å². The number of allylic oxidation sites excluding steroid dienone is 4. The van der Waals surface area contributed by atoms with Crippen molar-refractivity contribution in [3.8, 4) is 0 Å². The van der Waals surface area contributed by atoms with Gasteiger partial charge in [0, 0.05) is 17.0 Å². The fraction of sp³-hybridized carbons (Fsp3) is 0.815. The average Bonchev–Trinajstić information content (AvgIpc) is 3.81. The zero-order valence-corrected chi connectivity index (χ0v) is 39.9. The van der Waals surface area contributed by atoms with Gasteiger partial charge in [-0.25, -0.2) is 0 Å². The van der Waals surface area contributed by atoms with Crippen molar-refractivity contribution < 1.29 is 0 Å². The molecule has 4 unspecified atom stereocenters. The van der Waals surface area contributed by atoms with Gasteiger partial charge in [-0.15, -0.1) is 0 Å². The second-order valence-electron chi connectivity index (χ2n) is 22.3. The lowest BCUT2D eigenvalue weighted by Gasteiger charge is -2.55. The summed E-state index contributed by atoms with van der Waals surface area (Å²) >= 11 is 0. The third-order valence-electron chi connectivity index (χ3n) is 16.4. The predicted octanol–water partition coefficient (Wildman–Crippen LogP) is 16.9. The normalized spacial score (nSPS) is 25.9. The Bertz CT molecular complexity index is 1460. The predicted molar refractivity (Wildman–Crippen MR) is 250 cm³/mol. The SMILES string of the molecule is CCCCCCCCCCCCCCC1(C)Cc2cc3c(cc2C1)C(CCCC)(CCCC)C1=CC2CCC([Si](C)(C)N(C4CCCCC4)C(C)(C)C)C2C=C13. The molecule has 0 saturated heterocycles. The molecule has 0 spiro atoms. The summed E-state index contributed by atoms with van der Waals surface area (Å²) < 4.78 is 3.18. The van der Waals surface area contributed by atoms with Gasteiger partial charge in [-0.2, -0.15) is 0 Å². The molecule has 0 amide bonds. The summed E-state index contributed by atoms with van der Waals surface area (Å²) in [5.74, 6) is 1.45. The highest BCUT2D eigenvalue weighted by molar-refractivity contribution is 6.76. The van der Waals surface area contributed by atoms with E-state index in [-0.39, 0.29) is 11.0 Å². The standard InChI is InChI=1S/C54H91NSi/c1-10-13-16-17-18-19-20-21-22-23-24-28-33-53(7)40-43-36-47-48-39-46-42(31-32-51(46)56(8,9)55(52(4,5)6)45-29-26-25-27-30-45)37-49(48)54(34-14-11-2,35-15-12-3)50(47)38-44(43)41-53/h36-39,42,45-46,51H,10-35,40-41H2,1-9H3. The van der Waals surface area contributed by atoms with E-state index in [0.717, 1.165) is 17.5 Å². The topological polar surface area (TPSA) is 3.24 Å². The first kappa shape index (κ1) is 44.4. The third kappa shape index (κ3) is 9.74. The zero-order chi connectivity index (χ0) is 40.0. The minimum atomic E-state index is -1.75. The Morgan fingerprint density at radius 3 is 1.77 bits per heavy atom. The van der Waals surface area contributed by atoms with E-state index < -0.39 is 8.24 Å². The quantitative estimate of drug-likeness (QED) is 0.0836. The van der Waals surface area contributed by atoms with Crippen molar-refractivity contribution in [2.45, 2.75) is 264 Å². The molecule has 0 radical (unpaired) electrons. The highest BCUT2D eigenvalue weighted by atomic mass is 28.3. The third-order valence-corrected chi connectivity index (χ3v) is 21.2. The van der Waals surface area contributed by atoms with E-state index in [1.54, 1.807) is 33.4 Å². The van der Waals surface area contributed by atoms with Crippen LogP contribution in [0.1, 0.15) is 238 Å². The summed E-state index contributed by atoms with van der Waals surface area (Å²) in [4.78, 5) is 0. The summed E-state index contributed by atoms with van der Waals surface area (Å²) in [5.41, 5.74) is 12.1. The van der Waals surface area contributed by atoms with Crippen molar-refractivity contribution in [2.24, 2.45) is 17.3 Å². The Morgan fingerprint density at radius 2 is 1.20 bits per heavy atom. The molecule has 0 aliphatic heterocycles. The van der Waals surface area contributed by atoms with Crippen LogP contribution in [0.5, 0.6) is 0 Å². The molecule has 2 fully saturated rings. The lowest BCUT2D eigenvalue weighted by atomic mass is 9.68. The summed E-state index contributed by atoms with van der Waals surface area (Å²) in [6, 6.07) is 6.43. The summed E-state index contributed by atoms with van der Waals surface area (Å²) in [5, 5.41) is 0. The molecule has 0 aromatic heterocycles. The van der Waals surface area contributed by atoms with Crippen LogP contribution in [0, 0.1) is 17.3 Å². The van der Waals surface area contributed by atoms with E-state index in [0.29, 0.717) is 11.3 Å². The Balaban J connectivity index is 1.21. The van der Waals surface area contributed by atoms with Crippen molar-refractivity contribution in [3.63, 3.8) is 0 Å². The first-order valence-electron chi connectivity index (χ1n) is 25.3. The first-order valence-corrected chi connectivity index (χ1v) is 28.3. The second kappa shape index (κ2) is 19.5. The van der Waals surface area contributed by atoms with Crippen molar-refractivity contribution in [3.05, 3.63) is 52.1 Å². The maximum absolute atomic E-state index is 3.18. The van der Waals surface area contributed by atoms with Crippen LogP contribution in [0.15, 0.2) is 29.9 Å². The Morgan fingerprint density at radius 1 is 0.643 bits per heavy atom. The van der Waals surface area contributed by atoms with E-state index in [9.17, 15) is 0 Å². The molecule has 1 aromatic carbocycles. The van der Waals surface area contributed by atoms with Gasteiger partial charge < -0.3 is 4.57 Å². The molecule has 4 atom stereocenters. The molecule has 0 N–H and O–H groups in total. The number of nitrogens with zero attached hydrogens (tertiary/aromatic N) is 1. The molecular formula is C54H91NSi. The van der Waals surface area contributed by atoms with Crippen LogP contribution in [-0.4, -0.2) is 24.4 Å². The van der Waals surface area contributed by atoms with Gasteiger partial charge >= 0.3 is 0 Å². The number of hydrogen-bond donors (Lipinski definition) is 0. The van der Waals surface area contributed by atoms with Crippen LogP contribution in [0.25, 0.3) is 5.57 Å². The van der Waals surface area contributed by atoms with Crippen LogP contribution in [0.4, 0.5) is 0 Å². The van der Waals surface area contributed by atoms with Gasteiger partial charge in [0.1, 0.15) is 8.24 Å². The molecule has 0 bridgehead atoms. The van der Waals surface area contributed by atoms with Crippen molar-refractivity contribution in [2.75, 3.05) is 0 Å². The van der Waals surface area contributed by atoms with Crippen molar-refractivity contribution >= 4 is 13.8 Å². The Labute approximate surface area is 350 Å². The van der Waals surface area contributed by atoms with Gasteiger partial charge in [0.15, 0.2) is 0 Å². The molecule has 2 heteroatoms. The summed E-state index contributed by atoms with van der Waals surface area (Å²) in [6.07, 6.45) is 45.2. The smallest absolute Gasteiger partial charge is 0.126 e. The fourth-order valence-corrected chi connectivity index (χ4v) is 19.4. The Kier molecular flexibility index (Phi) is 15.5. The number of hydrogen-bond acceptors (Lipinski definition) is 1. The molecule has 6 rings (SSSR count). The van der Waals surface area contributed by atoms with Crippen molar-refractivity contribution in [1.29, 1.82) is 0 Å². The number of fused-ring (bicyclic) bond motifs is 5. The average molecular weight is 782 g/mol. The highest BCUT2D eigenvalue weighted by Crippen LogP contribution is 2.63. The van der Waals surface area contributed by atoms with Crippen LogP contribution in [0.2, 0.25) is 18.6 Å². The maximum Gasteiger partial charge on any atom is 0.126 e. The molecule has 56 heavy (non-hydrogen) atoms. The largest absolute Gasteiger partial charge is 0.316 e. The van der Waals surface area contributed by atoms with Gasteiger partial charge in [-0.3, -0.25) is 0 Å². The minimum absolute atomic E-state index is 0.228. The van der Waals surface area contributed by atoms with Crippen LogP contribution in [-0.2, 0) is 18.3 Å². The van der Waals surface area contributed by atoms with E-state index in [1.165, 1.54) is 180 Å². The second-order valence-corrected chi connectivity index (χ2v) is 26.9. The van der Waals surface area contributed by atoms with Gasteiger partial charge in [0.2, 0.25) is 0 Å². The molecule has 316 valence electrons. The van der Waals surface area contributed by atoms with Gasteiger partial charge in [-0.05, 0) is 128 Å². The molecule has 1 aromatic rings. The van der Waals surface area contributed by atoms with Crippen molar-refractivity contribution in [1.82, 2.24) is 4.57 Å². The van der Waals surface area contributed by atoms with Crippen LogP contribution >= 0.6 is 0 Å². The lowest BCUT2D eigenvalue weighted by molar-refractivity contribution is 0.140. The van der Waals surface area contributed by atoms with Gasteiger partial charge in [0.05, 0.1) is 0 Å². The molecule has 1 nitrogen and oxygen atoms in total. The number of benzene rings is 1. The molecule has 5 aliphatic carbocycles. The highest BCUT2D eigenvalue weighted by Gasteiger charge is 2.55. The molecule has 2 saturated carbocycles. The maximum atomic E-state index is 3.18. The summed E-state index contributed by atoms with van der Waals surface area (Å²) in [7, 11) is -1.75. The van der Waals surface area contributed by atoms with Crippen LogP contribution < -0.4 is 0 Å². The first-order chi connectivity index (χ1) is 26.9. The Hall–Kier alpha value is -1.12. The van der Waals surface area contributed by atoms with Gasteiger partial charge in [-0.1, -0.05) is 193 Å². The minimum Gasteiger partial charge on any atom is -0.316 e. The van der Waals surface area contributed by atoms with E-state index in [4.69, 9.17) is 0 Å².